The third-order valence-electron chi connectivity index (χ3n) is 3.48. The second-order valence-corrected chi connectivity index (χ2v) is 5.95. The van der Waals surface area contributed by atoms with E-state index in [4.69, 9.17) is 4.74 Å². The van der Waals surface area contributed by atoms with Gasteiger partial charge in [0.2, 0.25) is 0 Å². The quantitative estimate of drug-likeness (QED) is 0.690. The van der Waals surface area contributed by atoms with E-state index in [0.29, 0.717) is 16.8 Å². The van der Waals surface area contributed by atoms with Crippen LogP contribution in [-0.2, 0) is 4.74 Å². The molecule has 3 aromatic rings. The fourth-order valence-corrected chi connectivity index (χ4v) is 3.21. The molecule has 0 saturated heterocycles. The van der Waals surface area contributed by atoms with Gasteiger partial charge in [-0.05, 0) is 54.8 Å². The molecule has 1 N–H and O–H groups in total. The molecule has 0 saturated carbocycles. The second kappa shape index (κ2) is 6.80. The van der Waals surface area contributed by atoms with Gasteiger partial charge in [-0.3, -0.25) is 10.1 Å². The summed E-state index contributed by atoms with van der Waals surface area (Å²) in [6.07, 6.45) is -0.625. The fraction of sp³-hybridized carbons (Fsp3) is 0.111. The molecule has 4 nitrogen and oxygen atoms in total. The minimum atomic E-state index is -0.625. The Balaban J connectivity index is 2.09. The summed E-state index contributed by atoms with van der Waals surface area (Å²) >= 11 is 1.50. The summed E-state index contributed by atoms with van der Waals surface area (Å²) in [6.45, 7) is 1.93. The minimum absolute atomic E-state index is 0.230. The van der Waals surface area contributed by atoms with Crippen LogP contribution in [0, 0.1) is 5.82 Å². The van der Waals surface area contributed by atoms with E-state index in [9.17, 15) is 14.0 Å². The van der Waals surface area contributed by atoms with Crippen LogP contribution in [-0.4, -0.2) is 18.5 Å². The van der Waals surface area contributed by atoms with E-state index in [0.717, 1.165) is 10.1 Å². The number of anilines is 1. The van der Waals surface area contributed by atoms with Crippen LogP contribution < -0.4 is 5.32 Å². The van der Waals surface area contributed by atoms with Gasteiger partial charge in [-0.1, -0.05) is 0 Å². The lowest BCUT2D eigenvalue weighted by molar-refractivity contribution is 0.104. The van der Waals surface area contributed by atoms with Crippen molar-refractivity contribution in [3.05, 3.63) is 64.8 Å². The summed E-state index contributed by atoms with van der Waals surface area (Å²) in [5.41, 5.74) is 1.09. The van der Waals surface area contributed by atoms with E-state index in [1.54, 1.807) is 13.0 Å². The van der Waals surface area contributed by atoms with Gasteiger partial charge >= 0.3 is 6.09 Å². The number of carbonyl (C=O) groups is 2. The molecule has 0 radical (unpaired) electrons. The van der Waals surface area contributed by atoms with Gasteiger partial charge < -0.3 is 4.74 Å². The molecular formula is C18H14FNO3S. The summed E-state index contributed by atoms with van der Waals surface area (Å²) in [6, 6.07) is 10.7. The molecule has 2 aromatic carbocycles. The van der Waals surface area contributed by atoms with Gasteiger partial charge in [0.1, 0.15) is 5.82 Å². The summed E-state index contributed by atoms with van der Waals surface area (Å²) in [5, 5.41) is 5.22. The third-order valence-corrected chi connectivity index (χ3v) is 4.36. The minimum Gasteiger partial charge on any atom is -0.450 e. The number of nitrogens with one attached hydrogen (secondary N) is 1. The molecule has 1 aromatic heterocycles. The Morgan fingerprint density at radius 2 is 1.88 bits per heavy atom. The van der Waals surface area contributed by atoms with E-state index in [-0.39, 0.29) is 12.4 Å². The molecule has 0 unspecified atom stereocenters. The first-order valence-corrected chi connectivity index (χ1v) is 8.22. The van der Waals surface area contributed by atoms with Gasteiger partial charge in [0.05, 0.1) is 17.9 Å². The predicted octanol–water partition coefficient (Wildman–Crippen LogP) is 4.84. The van der Waals surface area contributed by atoms with Crippen LogP contribution in [0.25, 0.3) is 10.1 Å². The number of benzene rings is 2. The average molecular weight is 343 g/mol. The van der Waals surface area contributed by atoms with E-state index >= 15 is 0 Å². The zero-order valence-electron chi connectivity index (χ0n) is 12.8. The molecule has 0 aliphatic rings. The highest BCUT2D eigenvalue weighted by Gasteiger charge is 2.19. The first-order valence-electron chi connectivity index (χ1n) is 7.34. The van der Waals surface area contributed by atoms with Crippen LogP contribution in [0.5, 0.6) is 0 Å². The van der Waals surface area contributed by atoms with Crippen molar-refractivity contribution >= 4 is 39.0 Å². The highest BCUT2D eigenvalue weighted by molar-refractivity contribution is 7.17. The van der Waals surface area contributed by atoms with Crippen molar-refractivity contribution in [2.24, 2.45) is 0 Å². The molecule has 3 rings (SSSR count). The van der Waals surface area contributed by atoms with Crippen molar-refractivity contribution in [2.75, 3.05) is 11.9 Å². The van der Waals surface area contributed by atoms with Crippen LogP contribution in [0.1, 0.15) is 22.8 Å². The van der Waals surface area contributed by atoms with Crippen LogP contribution in [0.15, 0.2) is 47.8 Å². The number of ether oxygens (including phenoxy) is 1. The van der Waals surface area contributed by atoms with Crippen LogP contribution >= 0.6 is 11.3 Å². The molecule has 0 aliphatic carbocycles. The molecule has 1 heterocycles. The molecule has 0 atom stereocenters. The van der Waals surface area contributed by atoms with Gasteiger partial charge in [-0.2, -0.15) is 0 Å². The van der Waals surface area contributed by atoms with Gasteiger partial charge in [0.25, 0.3) is 0 Å². The normalized spacial score (nSPS) is 10.6. The number of thiophene rings is 1. The lowest BCUT2D eigenvalue weighted by atomic mass is 9.98. The van der Waals surface area contributed by atoms with Gasteiger partial charge in [-0.25, -0.2) is 9.18 Å². The number of hydrogen-bond donors (Lipinski definition) is 1. The lowest BCUT2D eigenvalue weighted by Gasteiger charge is -2.12. The van der Waals surface area contributed by atoms with Gasteiger partial charge in [0.15, 0.2) is 5.78 Å². The lowest BCUT2D eigenvalue weighted by Crippen LogP contribution is -2.16. The molecule has 1 amide bonds. The molecule has 0 spiro atoms. The molecule has 0 bridgehead atoms. The summed E-state index contributed by atoms with van der Waals surface area (Å²) in [5.74, 6) is -0.698. The number of ketones is 1. The number of rotatable bonds is 4. The maximum absolute atomic E-state index is 13.1. The monoisotopic (exact) mass is 343 g/mol. The van der Waals surface area contributed by atoms with E-state index in [2.05, 4.69) is 5.32 Å². The second-order valence-electron chi connectivity index (χ2n) is 5.00. The largest absolute Gasteiger partial charge is 0.450 e. The highest BCUT2D eigenvalue weighted by Crippen LogP contribution is 2.32. The Kier molecular flexibility index (Phi) is 4.57. The SMILES string of the molecule is CCOC(=O)Nc1ccc2sccc2c1C(=O)c1ccc(F)cc1. The topological polar surface area (TPSA) is 55.4 Å². The van der Waals surface area contributed by atoms with E-state index < -0.39 is 11.9 Å². The highest BCUT2D eigenvalue weighted by atomic mass is 32.1. The Morgan fingerprint density at radius 3 is 2.58 bits per heavy atom. The van der Waals surface area contributed by atoms with Crippen molar-refractivity contribution in [2.45, 2.75) is 6.92 Å². The fourth-order valence-electron chi connectivity index (χ4n) is 2.42. The number of amides is 1. The number of carbonyl (C=O) groups excluding carboxylic acids is 2. The van der Waals surface area contributed by atoms with Gasteiger partial charge in [-0.15, -0.1) is 11.3 Å². The Morgan fingerprint density at radius 1 is 1.12 bits per heavy atom. The summed E-state index contributed by atoms with van der Waals surface area (Å²) < 4.78 is 18.9. The van der Waals surface area contributed by atoms with Crippen molar-refractivity contribution in [1.29, 1.82) is 0 Å². The standard InChI is InChI=1S/C18H14FNO3S/c1-2-23-18(22)20-14-7-8-15-13(9-10-24-15)16(14)17(21)11-3-5-12(19)6-4-11/h3-10H,2H2,1H3,(H,20,22). The zero-order chi connectivity index (χ0) is 17.1. The first kappa shape index (κ1) is 16.1. The van der Waals surface area contributed by atoms with Gasteiger partial charge in [0, 0.05) is 15.6 Å². The van der Waals surface area contributed by atoms with E-state index in [1.165, 1.54) is 35.6 Å². The zero-order valence-corrected chi connectivity index (χ0v) is 13.7. The molecule has 24 heavy (non-hydrogen) atoms. The van der Waals surface area contributed by atoms with Crippen molar-refractivity contribution < 1.29 is 18.7 Å². The third kappa shape index (κ3) is 3.14. The Bertz CT molecular complexity index is 902. The predicted molar refractivity (Wildman–Crippen MR) is 92.3 cm³/mol. The van der Waals surface area contributed by atoms with Crippen LogP contribution in [0.4, 0.5) is 14.9 Å². The molecule has 6 heteroatoms. The van der Waals surface area contributed by atoms with Crippen LogP contribution in [0.2, 0.25) is 0 Å². The Hall–Kier alpha value is -2.73. The summed E-state index contributed by atoms with van der Waals surface area (Å²) in [7, 11) is 0. The molecule has 122 valence electrons. The number of fused-ring (bicyclic) bond motifs is 1. The number of hydrogen-bond acceptors (Lipinski definition) is 4. The number of halogens is 1. The summed E-state index contributed by atoms with van der Waals surface area (Å²) in [4.78, 5) is 24.7. The average Bonchev–Trinajstić information content (AvgIpc) is 3.03. The Labute approximate surface area is 141 Å². The molecule has 0 aliphatic heterocycles. The van der Waals surface area contributed by atoms with E-state index in [1.807, 2.05) is 17.5 Å². The first-order chi connectivity index (χ1) is 11.6. The molecule has 0 fully saturated rings. The maximum Gasteiger partial charge on any atom is 0.411 e. The maximum atomic E-state index is 13.1. The smallest absolute Gasteiger partial charge is 0.411 e. The van der Waals surface area contributed by atoms with Crippen molar-refractivity contribution in [3.63, 3.8) is 0 Å². The van der Waals surface area contributed by atoms with Crippen molar-refractivity contribution in [1.82, 2.24) is 0 Å². The van der Waals surface area contributed by atoms with Crippen LogP contribution in [0.3, 0.4) is 0 Å². The molecular weight excluding hydrogens is 329 g/mol. The van der Waals surface area contributed by atoms with Crippen molar-refractivity contribution in [3.8, 4) is 0 Å².